The quantitative estimate of drug-likeness (QED) is 0.848. The predicted octanol–water partition coefficient (Wildman–Crippen LogP) is 4.19. The van der Waals surface area contributed by atoms with Crippen molar-refractivity contribution in [2.45, 2.75) is 51.5 Å². The third-order valence-electron chi connectivity index (χ3n) is 5.12. The first-order valence-electron chi connectivity index (χ1n) is 9.08. The van der Waals surface area contributed by atoms with Gasteiger partial charge in [-0.2, -0.15) is 0 Å². The van der Waals surface area contributed by atoms with Gasteiger partial charge in [-0.15, -0.1) is 0 Å². The van der Waals surface area contributed by atoms with Crippen molar-refractivity contribution in [3.8, 4) is 17.1 Å². The molecule has 1 aliphatic rings. The smallest absolute Gasteiger partial charge is 0.274 e. The van der Waals surface area contributed by atoms with Gasteiger partial charge < -0.3 is 14.6 Å². The van der Waals surface area contributed by atoms with Crippen molar-refractivity contribution in [1.29, 1.82) is 0 Å². The van der Waals surface area contributed by atoms with E-state index in [-0.39, 0.29) is 5.91 Å². The van der Waals surface area contributed by atoms with Crippen LogP contribution in [0.1, 0.15) is 54.7 Å². The molecule has 1 amide bonds. The molecule has 3 rings (SSSR count). The summed E-state index contributed by atoms with van der Waals surface area (Å²) in [6, 6.07) is 8.02. The zero-order chi connectivity index (χ0) is 17.8. The number of methoxy groups -OCH3 is 1. The molecule has 25 heavy (non-hydrogen) atoms. The summed E-state index contributed by atoms with van der Waals surface area (Å²) in [5.74, 6) is 1.49. The number of nitrogens with one attached hydrogen (secondary N) is 1. The lowest BCUT2D eigenvalue weighted by molar-refractivity contribution is 0.0711. The molecule has 0 atom stereocenters. The summed E-state index contributed by atoms with van der Waals surface area (Å²) in [7, 11) is 3.56. The molecule has 0 aliphatic heterocycles. The molecule has 0 saturated heterocycles. The minimum absolute atomic E-state index is 0.00907. The summed E-state index contributed by atoms with van der Waals surface area (Å²) in [5, 5.41) is 0. The number of carbonyl (C=O) groups is 1. The Morgan fingerprint density at radius 3 is 2.64 bits per heavy atom. The molecule has 1 aromatic heterocycles. The highest BCUT2D eigenvalue weighted by molar-refractivity contribution is 5.94. The molecule has 1 heterocycles. The second kappa shape index (κ2) is 7.72. The second-order valence-corrected chi connectivity index (χ2v) is 6.85. The van der Waals surface area contributed by atoms with E-state index in [1.54, 1.807) is 7.11 Å². The summed E-state index contributed by atoms with van der Waals surface area (Å²) in [6.07, 6.45) is 7.15. The fourth-order valence-electron chi connectivity index (χ4n) is 3.55. The fraction of sp³-hybridized carbons (Fsp3) is 0.500. The number of hydrogen-bond donors (Lipinski definition) is 1. The van der Waals surface area contributed by atoms with Crippen LogP contribution in [0.4, 0.5) is 0 Å². The SMILES string of the molecule is COc1cccc(-c2nc(C(=O)N(C)C3CCCCCC3)c(C)[nH]2)c1. The van der Waals surface area contributed by atoms with Crippen molar-refractivity contribution in [1.82, 2.24) is 14.9 Å². The average Bonchev–Trinajstić information content (AvgIpc) is 2.85. The molecule has 1 aliphatic carbocycles. The number of benzene rings is 1. The Kier molecular flexibility index (Phi) is 5.41. The van der Waals surface area contributed by atoms with Crippen LogP contribution in [0.15, 0.2) is 24.3 Å². The number of rotatable bonds is 4. The normalized spacial score (nSPS) is 15.6. The van der Waals surface area contributed by atoms with Crippen LogP contribution in [-0.4, -0.2) is 41.0 Å². The van der Waals surface area contributed by atoms with E-state index < -0.39 is 0 Å². The van der Waals surface area contributed by atoms with Crippen molar-refractivity contribution in [3.63, 3.8) is 0 Å². The van der Waals surface area contributed by atoms with E-state index in [2.05, 4.69) is 9.97 Å². The van der Waals surface area contributed by atoms with Crippen molar-refractivity contribution in [2.24, 2.45) is 0 Å². The molecule has 1 saturated carbocycles. The van der Waals surface area contributed by atoms with Gasteiger partial charge in [-0.05, 0) is 31.9 Å². The van der Waals surface area contributed by atoms with Crippen LogP contribution < -0.4 is 4.74 Å². The molecule has 5 heteroatoms. The maximum atomic E-state index is 13.0. The van der Waals surface area contributed by atoms with Gasteiger partial charge >= 0.3 is 0 Å². The molecule has 2 aromatic rings. The molecule has 0 bridgehead atoms. The monoisotopic (exact) mass is 341 g/mol. The first kappa shape index (κ1) is 17.5. The number of aromatic nitrogens is 2. The Labute approximate surface area is 149 Å². The molecule has 1 fully saturated rings. The molecular formula is C20H27N3O2. The second-order valence-electron chi connectivity index (χ2n) is 6.85. The van der Waals surface area contributed by atoms with Crippen molar-refractivity contribution in [3.05, 3.63) is 35.7 Å². The number of carbonyl (C=O) groups excluding carboxylic acids is 1. The highest BCUT2D eigenvalue weighted by Gasteiger charge is 2.25. The minimum Gasteiger partial charge on any atom is -0.497 e. The first-order valence-corrected chi connectivity index (χ1v) is 9.08. The number of imidazole rings is 1. The highest BCUT2D eigenvalue weighted by atomic mass is 16.5. The Hall–Kier alpha value is -2.30. The topological polar surface area (TPSA) is 58.2 Å². The third kappa shape index (κ3) is 3.86. The standard InChI is InChI=1S/C20H27N3O2/c1-14-18(20(24)23(2)16-10-6-4-5-7-11-16)22-19(21-14)15-9-8-12-17(13-15)25-3/h8-9,12-13,16H,4-7,10-11H2,1-3H3,(H,21,22). The number of amides is 1. The van der Waals surface area contributed by atoms with Crippen molar-refractivity contribution in [2.75, 3.05) is 14.2 Å². The largest absolute Gasteiger partial charge is 0.497 e. The molecule has 0 unspecified atom stereocenters. The maximum Gasteiger partial charge on any atom is 0.274 e. The van der Waals surface area contributed by atoms with Crippen LogP contribution in [0, 0.1) is 6.92 Å². The van der Waals surface area contributed by atoms with E-state index in [1.807, 2.05) is 43.1 Å². The third-order valence-corrected chi connectivity index (χ3v) is 5.12. The number of H-pyrrole nitrogens is 1. The van der Waals surface area contributed by atoms with Crippen LogP contribution in [-0.2, 0) is 0 Å². The first-order chi connectivity index (χ1) is 12.1. The van der Waals surface area contributed by atoms with Gasteiger partial charge in [0.05, 0.1) is 7.11 Å². The lowest BCUT2D eigenvalue weighted by Crippen LogP contribution is -2.37. The van der Waals surface area contributed by atoms with E-state index in [1.165, 1.54) is 25.7 Å². The van der Waals surface area contributed by atoms with Gasteiger partial charge in [0.1, 0.15) is 17.3 Å². The van der Waals surface area contributed by atoms with Crippen LogP contribution in [0.25, 0.3) is 11.4 Å². The molecule has 0 spiro atoms. The molecule has 0 radical (unpaired) electrons. The van der Waals surface area contributed by atoms with Gasteiger partial charge in [0, 0.05) is 24.3 Å². The summed E-state index contributed by atoms with van der Waals surface area (Å²) in [6.45, 7) is 1.91. The Balaban J connectivity index is 1.82. The summed E-state index contributed by atoms with van der Waals surface area (Å²) >= 11 is 0. The van der Waals surface area contributed by atoms with Gasteiger partial charge in [-0.1, -0.05) is 37.8 Å². The number of aromatic amines is 1. The molecular weight excluding hydrogens is 314 g/mol. The Morgan fingerprint density at radius 2 is 1.96 bits per heavy atom. The van der Waals surface area contributed by atoms with E-state index in [0.29, 0.717) is 17.6 Å². The zero-order valence-corrected chi connectivity index (χ0v) is 15.3. The molecule has 1 aromatic carbocycles. The summed E-state index contributed by atoms with van der Waals surface area (Å²) in [5.41, 5.74) is 2.24. The number of ether oxygens (including phenoxy) is 1. The fourth-order valence-corrected chi connectivity index (χ4v) is 3.55. The average molecular weight is 341 g/mol. The van der Waals surface area contributed by atoms with Gasteiger partial charge in [0.2, 0.25) is 0 Å². The van der Waals surface area contributed by atoms with E-state index in [0.717, 1.165) is 29.8 Å². The van der Waals surface area contributed by atoms with Crippen LogP contribution in [0.2, 0.25) is 0 Å². The van der Waals surface area contributed by atoms with Gasteiger partial charge in [-0.25, -0.2) is 4.98 Å². The zero-order valence-electron chi connectivity index (χ0n) is 15.3. The number of hydrogen-bond acceptors (Lipinski definition) is 3. The van der Waals surface area contributed by atoms with Crippen LogP contribution in [0.5, 0.6) is 5.75 Å². The van der Waals surface area contributed by atoms with Crippen molar-refractivity contribution >= 4 is 5.91 Å². The molecule has 1 N–H and O–H groups in total. The lowest BCUT2D eigenvalue weighted by atomic mass is 10.1. The summed E-state index contributed by atoms with van der Waals surface area (Å²) < 4.78 is 5.27. The Morgan fingerprint density at radius 1 is 1.24 bits per heavy atom. The van der Waals surface area contributed by atoms with Gasteiger partial charge in [0.25, 0.3) is 5.91 Å². The van der Waals surface area contributed by atoms with Gasteiger partial charge in [-0.3, -0.25) is 4.79 Å². The molecule has 5 nitrogen and oxygen atoms in total. The number of aryl methyl sites for hydroxylation is 1. The van der Waals surface area contributed by atoms with E-state index >= 15 is 0 Å². The van der Waals surface area contributed by atoms with Crippen LogP contribution >= 0.6 is 0 Å². The Bertz CT molecular complexity index is 730. The van der Waals surface area contributed by atoms with Crippen LogP contribution in [0.3, 0.4) is 0 Å². The number of nitrogens with zero attached hydrogens (tertiary/aromatic N) is 2. The highest BCUT2D eigenvalue weighted by Crippen LogP contribution is 2.25. The van der Waals surface area contributed by atoms with Crippen molar-refractivity contribution < 1.29 is 9.53 Å². The molecule has 134 valence electrons. The predicted molar refractivity (Wildman–Crippen MR) is 98.9 cm³/mol. The summed E-state index contributed by atoms with van der Waals surface area (Å²) in [4.78, 5) is 22.7. The minimum atomic E-state index is 0.00907. The van der Waals surface area contributed by atoms with E-state index in [9.17, 15) is 4.79 Å². The van der Waals surface area contributed by atoms with Gasteiger partial charge in [0.15, 0.2) is 0 Å². The maximum absolute atomic E-state index is 13.0. The lowest BCUT2D eigenvalue weighted by Gasteiger charge is -2.26. The van der Waals surface area contributed by atoms with E-state index in [4.69, 9.17) is 4.74 Å².